The molecule has 0 aliphatic carbocycles. The van der Waals surface area contributed by atoms with Crippen molar-refractivity contribution in [3.8, 4) is 50.6 Å². The summed E-state index contributed by atoms with van der Waals surface area (Å²) in [5.41, 5.74) is 19.5. The Labute approximate surface area is 613 Å². The van der Waals surface area contributed by atoms with Gasteiger partial charge in [0.25, 0.3) is 6.71 Å². The van der Waals surface area contributed by atoms with Crippen molar-refractivity contribution in [2.24, 2.45) is 0 Å². The summed E-state index contributed by atoms with van der Waals surface area (Å²) in [6, 6.07) is 141. The molecule has 0 saturated heterocycles. The molecule has 0 atom stereocenters. The van der Waals surface area contributed by atoms with Crippen LogP contribution in [0, 0.1) is 0 Å². The molecular formula is C98H79BN2OSi2. The van der Waals surface area contributed by atoms with Gasteiger partial charge in [0.15, 0.2) is 16.1 Å². The van der Waals surface area contributed by atoms with Crippen molar-refractivity contribution >= 4 is 120 Å². The average molecular weight is 1370 g/mol. The van der Waals surface area contributed by atoms with E-state index in [1.54, 1.807) is 0 Å². The Kier molecular flexibility index (Phi) is 15.8. The molecule has 3 nitrogen and oxygen atoms in total. The van der Waals surface area contributed by atoms with Crippen LogP contribution in [0.25, 0.3) is 60.9 Å². The van der Waals surface area contributed by atoms with Crippen molar-refractivity contribution in [2.45, 2.75) is 52.4 Å². The molecule has 18 rings (SSSR count). The third-order valence-corrected chi connectivity index (χ3v) is 31.8. The monoisotopic (exact) mass is 1370 g/mol. The van der Waals surface area contributed by atoms with Gasteiger partial charge in [-0.15, -0.1) is 0 Å². The molecule has 2 aliphatic rings. The van der Waals surface area contributed by atoms with E-state index in [9.17, 15) is 0 Å². The van der Waals surface area contributed by atoms with Crippen LogP contribution in [0.4, 0.5) is 17.1 Å². The second kappa shape index (κ2) is 25.6. The van der Waals surface area contributed by atoms with Crippen LogP contribution < -0.4 is 67.5 Å². The van der Waals surface area contributed by atoms with Gasteiger partial charge in [-0.05, 0) is 144 Å². The van der Waals surface area contributed by atoms with Crippen LogP contribution in [0.5, 0.6) is 11.5 Å². The SMILES string of the molecule is CC(C)(C)c1ccc2c3ccc(C(C)(C)C)cc3n(-c3cc4c5c(c3)N(c3ccccc3-c3ccccc3)c3ccc([Si](c6ccccc6)(c6ccccc6)c6cccc(-c7ccccc7)c6)cc3B5c3ccc([Si](c5ccccc5)(c5ccccc5)c5cccc(-c6ccccc6)c5)cc3O4)c2c1. The molecule has 0 unspecified atom stereocenters. The summed E-state index contributed by atoms with van der Waals surface area (Å²) in [5, 5.41) is 12.8. The van der Waals surface area contributed by atoms with Gasteiger partial charge >= 0.3 is 0 Å². The quantitative estimate of drug-likeness (QED) is 0.0846. The van der Waals surface area contributed by atoms with E-state index >= 15 is 0 Å². The highest BCUT2D eigenvalue weighted by Crippen LogP contribution is 2.47. The van der Waals surface area contributed by atoms with Gasteiger partial charge < -0.3 is 14.2 Å². The highest BCUT2D eigenvalue weighted by Gasteiger charge is 2.49. The van der Waals surface area contributed by atoms with Gasteiger partial charge in [0.2, 0.25) is 0 Å². The maximum Gasteiger partial charge on any atom is 0.256 e. The van der Waals surface area contributed by atoms with Crippen molar-refractivity contribution in [3.63, 3.8) is 0 Å². The molecule has 6 heteroatoms. The average Bonchev–Trinajstić information content (AvgIpc) is 1.20. The van der Waals surface area contributed by atoms with Gasteiger partial charge in [-0.2, -0.15) is 0 Å². The van der Waals surface area contributed by atoms with Gasteiger partial charge in [-0.1, -0.05) is 369 Å². The number of fused-ring (bicyclic) bond motifs is 7. The van der Waals surface area contributed by atoms with Crippen molar-refractivity contribution < 1.29 is 4.74 Å². The molecule has 0 bridgehead atoms. The normalized spacial score (nSPS) is 12.8. The number of ether oxygens (including phenoxy) is 1. The zero-order valence-electron chi connectivity index (χ0n) is 59.6. The zero-order chi connectivity index (χ0) is 70.3. The Morgan fingerprint density at radius 3 is 1.16 bits per heavy atom. The van der Waals surface area contributed by atoms with Gasteiger partial charge in [-0.3, -0.25) is 0 Å². The zero-order valence-corrected chi connectivity index (χ0v) is 61.6. The molecule has 16 aromatic rings. The summed E-state index contributed by atoms with van der Waals surface area (Å²) in [7, 11) is -6.50. The van der Waals surface area contributed by atoms with E-state index in [0.717, 1.165) is 67.3 Å². The van der Waals surface area contributed by atoms with E-state index in [1.807, 2.05) is 0 Å². The topological polar surface area (TPSA) is 17.4 Å². The molecule has 2 aliphatic heterocycles. The summed E-state index contributed by atoms with van der Waals surface area (Å²) in [6.45, 7) is 13.7. The lowest BCUT2D eigenvalue weighted by molar-refractivity contribution is 0.487. The first kappa shape index (κ1) is 64.3. The van der Waals surface area contributed by atoms with E-state index in [-0.39, 0.29) is 17.5 Å². The maximum absolute atomic E-state index is 8.15. The van der Waals surface area contributed by atoms with Gasteiger partial charge in [-0.25, -0.2) is 0 Å². The lowest BCUT2D eigenvalue weighted by Crippen LogP contribution is -2.75. The van der Waals surface area contributed by atoms with Crippen LogP contribution in [0.1, 0.15) is 52.7 Å². The lowest BCUT2D eigenvalue weighted by atomic mass is 9.34. The first-order chi connectivity index (χ1) is 50.8. The molecule has 0 fully saturated rings. The molecule has 104 heavy (non-hydrogen) atoms. The van der Waals surface area contributed by atoms with E-state index in [2.05, 4.69) is 421 Å². The molecule has 0 amide bonds. The molecule has 498 valence electrons. The van der Waals surface area contributed by atoms with Crippen molar-refractivity contribution in [1.82, 2.24) is 4.57 Å². The van der Waals surface area contributed by atoms with Gasteiger partial charge in [0, 0.05) is 33.8 Å². The Hall–Kier alpha value is -11.8. The number of aromatic nitrogens is 1. The summed E-state index contributed by atoms with van der Waals surface area (Å²) in [5.74, 6) is 1.69. The number of benzene rings is 15. The summed E-state index contributed by atoms with van der Waals surface area (Å²) in [6.07, 6.45) is 0. The van der Waals surface area contributed by atoms with E-state index in [1.165, 1.54) is 91.1 Å². The minimum atomic E-state index is -3.27. The largest absolute Gasteiger partial charge is 0.458 e. The minimum Gasteiger partial charge on any atom is -0.458 e. The van der Waals surface area contributed by atoms with Gasteiger partial charge in [0.1, 0.15) is 11.5 Å². The number of nitrogens with zero attached hydrogens (tertiary/aromatic N) is 2. The second-order valence-electron chi connectivity index (χ2n) is 30.3. The minimum absolute atomic E-state index is 0.112. The van der Waals surface area contributed by atoms with Crippen molar-refractivity contribution in [3.05, 3.63) is 381 Å². The predicted octanol–water partition coefficient (Wildman–Crippen LogP) is 17.5. The van der Waals surface area contributed by atoms with Crippen molar-refractivity contribution in [2.75, 3.05) is 4.90 Å². The summed E-state index contributed by atoms with van der Waals surface area (Å²) < 4.78 is 10.7. The summed E-state index contributed by atoms with van der Waals surface area (Å²) >= 11 is 0. The molecule has 1 aromatic heterocycles. The Bertz CT molecular complexity index is 5760. The van der Waals surface area contributed by atoms with Crippen LogP contribution in [0.2, 0.25) is 0 Å². The third-order valence-electron chi connectivity index (χ3n) is 22.2. The third kappa shape index (κ3) is 10.7. The first-order valence-corrected chi connectivity index (χ1v) is 40.6. The lowest BCUT2D eigenvalue weighted by Gasteiger charge is -2.43. The van der Waals surface area contributed by atoms with Gasteiger partial charge in [0.05, 0.1) is 22.4 Å². The first-order valence-electron chi connectivity index (χ1n) is 36.6. The number of rotatable bonds is 13. The smallest absolute Gasteiger partial charge is 0.256 e. The predicted molar refractivity (Wildman–Crippen MR) is 448 cm³/mol. The van der Waals surface area contributed by atoms with E-state index in [4.69, 9.17) is 4.74 Å². The van der Waals surface area contributed by atoms with Crippen LogP contribution in [0.3, 0.4) is 0 Å². The number of anilines is 3. The van der Waals surface area contributed by atoms with E-state index < -0.39 is 16.1 Å². The highest BCUT2D eigenvalue weighted by molar-refractivity contribution is 7.21. The van der Waals surface area contributed by atoms with Crippen LogP contribution >= 0.6 is 0 Å². The standard InChI is InChI=1S/C98H79BN2OSi2/c1-97(2,3)73-52-56-85-86-57-53-74(98(4,5)6)63-92(86)100(91(85)62-73)75-64-93-96-95(65-75)102-94-67-83(104(78-44-24-12-25-45-78,79-46-26-13-27-47-79)81-49-31-39-72(61-81)69-34-16-8-17-35-69)54-58-87(94)99(96)88-66-82(55-59-90(88)101(93)89-51-29-28-50-84(89)70-36-18-9-19-37-70)103(76-40-20-10-21-41-76,77-42-22-11-23-43-77)80-48-30-38-71(60-80)68-32-14-7-15-33-68/h7-67H,1-6H3. The molecule has 0 radical (unpaired) electrons. The Balaban J connectivity index is 0.974. The summed E-state index contributed by atoms with van der Waals surface area (Å²) in [4.78, 5) is 2.60. The highest BCUT2D eigenvalue weighted by atomic mass is 28.3. The number of hydrogen-bond acceptors (Lipinski definition) is 2. The molecule has 3 heterocycles. The fourth-order valence-electron chi connectivity index (χ4n) is 17.2. The molecular weight excluding hydrogens is 1290 g/mol. The fraction of sp³-hybridized carbons (Fsp3) is 0.0816. The Morgan fingerprint density at radius 2 is 0.683 bits per heavy atom. The number of para-hydroxylation sites is 1. The molecule has 0 N–H and O–H groups in total. The number of hydrogen-bond donors (Lipinski definition) is 0. The molecule has 0 saturated carbocycles. The molecule has 15 aromatic carbocycles. The second-order valence-corrected chi connectivity index (χ2v) is 37.9. The van der Waals surface area contributed by atoms with Crippen LogP contribution in [0.15, 0.2) is 370 Å². The van der Waals surface area contributed by atoms with Crippen molar-refractivity contribution in [1.29, 1.82) is 0 Å². The van der Waals surface area contributed by atoms with Crippen LogP contribution in [-0.2, 0) is 10.8 Å². The Morgan fingerprint density at radius 1 is 0.279 bits per heavy atom. The van der Waals surface area contributed by atoms with Crippen LogP contribution in [-0.4, -0.2) is 27.4 Å². The molecule has 0 spiro atoms. The van der Waals surface area contributed by atoms with E-state index in [0.29, 0.717) is 0 Å². The maximum atomic E-state index is 8.15. The fourth-order valence-corrected chi connectivity index (χ4v) is 26.8.